The zero-order valence-electron chi connectivity index (χ0n) is 50.7. The van der Waals surface area contributed by atoms with Crippen molar-refractivity contribution in [3.8, 4) is 0 Å². The van der Waals surface area contributed by atoms with Gasteiger partial charge in [0.2, 0.25) is 0 Å². The summed E-state index contributed by atoms with van der Waals surface area (Å²) in [6, 6.07) is -0.899. The molecule has 0 radical (unpaired) electrons. The summed E-state index contributed by atoms with van der Waals surface area (Å²) in [5.74, 6) is -0.780. The first-order chi connectivity index (χ1) is 33.7. The predicted molar refractivity (Wildman–Crippen MR) is 300 cm³/mol. The highest BCUT2D eigenvalue weighted by Gasteiger charge is 2.59. The summed E-state index contributed by atoms with van der Waals surface area (Å²) in [5.41, 5.74) is -1.27. The van der Waals surface area contributed by atoms with Crippen molar-refractivity contribution in [2.45, 2.75) is 288 Å². The Balaban J connectivity index is 1.96. The number of carbonyl (C=O) groups excluding carboxylic acids is 1. The molecular formula is C56H107NO14Si3. The number of methoxy groups -OCH3 is 1. The van der Waals surface area contributed by atoms with E-state index >= 15 is 5.21 Å². The van der Waals surface area contributed by atoms with Crippen molar-refractivity contribution in [3.05, 3.63) is 29.5 Å². The van der Waals surface area contributed by atoms with Crippen LogP contribution in [0.4, 0.5) is 0 Å². The molecule has 0 spiro atoms. The summed E-state index contributed by atoms with van der Waals surface area (Å²) in [6.07, 6.45) is 1.13. The first kappa shape index (κ1) is 65.6. The molecule has 18 heteroatoms. The molecule has 3 saturated heterocycles. The van der Waals surface area contributed by atoms with E-state index in [1.807, 2.05) is 39.8 Å². The molecule has 0 saturated carbocycles. The highest BCUT2D eigenvalue weighted by molar-refractivity contribution is 6.75. The molecule has 0 amide bonds. The Morgan fingerprint density at radius 1 is 0.757 bits per heavy atom. The molecule has 0 aliphatic carbocycles. The molecule has 4 rings (SSSR count). The average Bonchev–Trinajstić information content (AvgIpc) is 3.33. The molecule has 0 aromatic heterocycles. The fourth-order valence-corrected chi connectivity index (χ4v) is 13.8. The lowest BCUT2D eigenvalue weighted by molar-refractivity contribution is -0.879. The van der Waals surface area contributed by atoms with Crippen LogP contribution < -0.4 is 0 Å². The number of fused-ring (bicyclic) bond motifs is 3. The maximum Gasteiger partial charge on any atom is 0.308 e. The number of hydrogen-bond donors (Lipinski definition) is 1. The first-order valence-electron chi connectivity index (χ1n) is 27.9. The van der Waals surface area contributed by atoms with Gasteiger partial charge in [-0.15, -0.1) is 0 Å². The summed E-state index contributed by atoms with van der Waals surface area (Å²) in [7, 11) is -2.68. The van der Waals surface area contributed by atoms with E-state index < -0.39 is 121 Å². The second-order valence-corrected chi connectivity index (χ2v) is 41.9. The van der Waals surface area contributed by atoms with Gasteiger partial charge in [-0.3, -0.25) is 4.79 Å². The van der Waals surface area contributed by atoms with Gasteiger partial charge in [0, 0.05) is 33.0 Å². The third-order valence-electron chi connectivity index (χ3n) is 17.5. The van der Waals surface area contributed by atoms with Gasteiger partial charge in [0.1, 0.15) is 36.7 Å². The van der Waals surface area contributed by atoms with E-state index in [4.69, 9.17) is 51.2 Å². The fourth-order valence-electron chi connectivity index (χ4n) is 10.1. The Morgan fingerprint density at radius 2 is 1.34 bits per heavy atom. The molecule has 15 nitrogen and oxygen atoms in total. The largest absolute Gasteiger partial charge is 0.633 e. The third kappa shape index (κ3) is 16.8. The number of cyclic esters (lactones) is 1. The Labute approximate surface area is 452 Å². The highest BCUT2D eigenvalue weighted by Crippen LogP contribution is 2.47. The molecular weight excluding hydrogens is 995 g/mol. The fraction of sp³-hybridized carbons (Fsp3) is 0.911. The summed E-state index contributed by atoms with van der Waals surface area (Å²) in [6.45, 7) is 45.4. The smallest absolute Gasteiger partial charge is 0.308 e. The Hall–Kier alpha value is -0.919. The predicted octanol–water partition coefficient (Wildman–Crippen LogP) is 11.5. The SMILES string of the molecule is CCCO[C@@H]1[C@@H](C)O[C@H](O[C@@H]2[C@@H]([N+](C)(C)[O-])[C@H](O[Si](C)(C)C(C)(C)C)[C@@H](O[C@H]3[C@H]4CC(O[Si](C)(C)C(C)(C)C)O[C@H](CC(=O)O[C@H](C)C/C=C/C=C/[C@H](O[Si](C)(C)C(C)(C)C)[C@H](C)C4)[C@@H]3OC)O[C@H]2C)C[C@]1(C)O. The van der Waals surface area contributed by atoms with Crippen molar-refractivity contribution < 1.29 is 65.7 Å². The molecule has 0 aromatic carbocycles. The minimum atomic E-state index is -2.74. The molecule has 4 heterocycles. The number of hydrogen-bond acceptors (Lipinski definition) is 14. The zero-order chi connectivity index (χ0) is 56.4. The Morgan fingerprint density at radius 3 is 1.88 bits per heavy atom. The number of aliphatic hydroxyl groups is 1. The minimum Gasteiger partial charge on any atom is -0.633 e. The molecule has 432 valence electrons. The second kappa shape index (κ2) is 25.3. The number of carbonyl (C=O) groups is 1. The van der Waals surface area contributed by atoms with Crippen LogP contribution in [0.15, 0.2) is 24.3 Å². The van der Waals surface area contributed by atoms with Crippen molar-refractivity contribution in [1.82, 2.24) is 0 Å². The molecule has 2 bridgehead atoms. The standard InChI is InChI=1S/C56H107NO14Si3/c1-25-31-62-51-39(5)64-45(35-56(51,15)59)67-47-38(4)65-52(50(46(47)57(16,17)60)71-74(23,24)55(12,13)14)68-48-40-32-36(2)41(69-72(19,20)53(6,7)8)30-28-26-27-29-37(3)63-43(58)34-42(49(48)61-18)66-44(33-40)70-73(21,22)54(9,10)11/h26-28,30,36-42,44-52,59H,25,29,31-35H2,1-24H3/b27-26+,30-28+/t36-,37-,38+,39-,40-,41+,42-,44?,45-,46-,47+,48+,49+,50+,51-,52-,56+/m1/s1. The molecule has 0 aromatic rings. The Kier molecular flexibility index (Phi) is 22.4. The van der Waals surface area contributed by atoms with Crippen molar-refractivity contribution in [2.24, 2.45) is 11.8 Å². The maximum atomic E-state index is 15.1. The lowest BCUT2D eigenvalue weighted by Gasteiger charge is -2.57. The van der Waals surface area contributed by atoms with E-state index in [1.54, 1.807) is 28.1 Å². The van der Waals surface area contributed by atoms with Gasteiger partial charge in [0.15, 0.2) is 43.6 Å². The molecule has 4 aliphatic heterocycles. The number of ether oxygens (including phenoxy) is 8. The van der Waals surface area contributed by atoms with E-state index in [2.05, 4.69) is 121 Å². The van der Waals surface area contributed by atoms with Gasteiger partial charge in [0.25, 0.3) is 0 Å². The number of allylic oxidation sites excluding steroid dienone is 2. The third-order valence-corrected chi connectivity index (χ3v) is 30.9. The average molecular weight is 1100 g/mol. The van der Waals surface area contributed by atoms with Gasteiger partial charge >= 0.3 is 5.97 Å². The van der Waals surface area contributed by atoms with Crippen LogP contribution in [-0.4, -0.2) is 160 Å². The first-order valence-corrected chi connectivity index (χ1v) is 36.6. The van der Waals surface area contributed by atoms with Crippen LogP contribution in [-0.2, 0) is 56.0 Å². The number of likely N-dealkylation sites (N-methyl/N-ethyl adjacent to an activating group) is 1. The molecule has 1 N–H and O–H groups in total. The highest BCUT2D eigenvalue weighted by atomic mass is 28.4. The topological polar surface area (TPSA) is 162 Å². The van der Waals surface area contributed by atoms with Gasteiger partial charge in [-0.25, -0.2) is 0 Å². The molecule has 17 atom stereocenters. The number of rotatable bonds is 15. The van der Waals surface area contributed by atoms with Crippen LogP contribution in [0.3, 0.4) is 0 Å². The number of quaternary nitrogens is 1. The van der Waals surface area contributed by atoms with Gasteiger partial charge in [-0.05, 0) is 107 Å². The maximum absolute atomic E-state index is 15.1. The number of esters is 1. The van der Waals surface area contributed by atoms with Crippen LogP contribution in [0.1, 0.15) is 142 Å². The van der Waals surface area contributed by atoms with E-state index in [9.17, 15) is 9.90 Å². The number of nitrogens with zero attached hydrogens (tertiary/aromatic N) is 1. The van der Waals surface area contributed by atoms with E-state index in [1.165, 1.54) is 0 Å². The summed E-state index contributed by atoms with van der Waals surface area (Å²) in [4.78, 5) is 14.1. The van der Waals surface area contributed by atoms with Crippen LogP contribution in [0.2, 0.25) is 54.4 Å². The molecule has 1 unspecified atom stereocenters. The van der Waals surface area contributed by atoms with Gasteiger partial charge in [-0.1, -0.05) is 100 Å². The van der Waals surface area contributed by atoms with Crippen LogP contribution >= 0.6 is 0 Å². The lowest BCUT2D eigenvalue weighted by atomic mass is 9.83. The molecule has 3 fully saturated rings. The molecule has 74 heavy (non-hydrogen) atoms. The normalized spacial score (nSPS) is 38.1. The van der Waals surface area contributed by atoms with E-state index in [0.29, 0.717) is 25.9 Å². The summed E-state index contributed by atoms with van der Waals surface area (Å²) >= 11 is 0. The number of hydroxylamine groups is 3. The van der Waals surface area contributed by atoms with Crippen LogP contribution in [0, 0.1) is 17.0 Å². The summed E-state index contributed by atoms with van der Waals surface area (Å²) in [5, 5.41) is 26.4. The van der Waals surface area contributed by atoms with Crippen LogP contribution in [0.5, 0.6) is 0 Å². The quantitative estimate of drug-likeness (QED) is 0.0713. The molecule has 4 aliphatic rings. The summed E-state index contributed by atoms with van der Waals surface area (Å²) < 4.78 is 75.2. The zero-order valence-corrected chi connectivity index (χ0v) is 53.7. The van der Waals surface area contributed by atoms with Crippen molar-refractivity contribution in [3.63, 3.8) is 0 Å². The second-order valence-electron chi connectivity index (χ2n) is 27.6. The lowest BCUT2D eigenvalue weighted by Crippen LogP contribution is -2.71. The minimum absolute atomic E-state index is 0.0421. The van der Waals surface area contributed by atoms with Gasteiger partial charge in [-0.2, -0.15) is 0 Å². The van der Waals surface area contributed by atoms with Crippen molar-refractivity contribution >= 4 is 30.9 Å². The monoisotopic (exact) mass is 1100 g/mol. The van der Waals surface area contributed by atoms with Crippen molar-refractivity contribution in [1.29, 1.82) is 0 Å². The van der Waals surface area contributed by atoms with Crippen molar-refractivity contribution in [2.75, 3.05) is 27.8 Å². The van der Waals surface area contributed by atoms with Gasteiger partial charge < -0.3 is 66.1 Å². The van der Waals surface area contributed by atoms with Gasteiger partial charge in [0.05, 0.1) is 56.6 Å². The van der Waals surface area contributed by atoms with Crippen LogP contribution in [0.25, 0.3) is 0 Å². The van der Waals surface area contributed by atoms with E-state index in [-0.39, 0.29) is 45.9 Å². The Bertz CT molecular complexity index is 1840. The van der Waals surface area contributed by atoms with E-state index in [0.717, 1.165) is 6.42 Å².